The quantitative estimate of drug-likeness (QED) is 0.558. The number of aromatic carboxylic acids is 1. The van der Waals surface area contributed by atoms with Gasteiger partial charge in [-0.25, -0.2) is 9.59 Å². The second-order valence-electron chi connectivity index (χ2n) is 5.79. The van der Waals surface area contributed by atoms with E-state index in [-0.39, 0.29) is 23.4 Å². The van der Waals surface area contributed by atoms with Crippen molar-refractivity contribution in [3.05, 3.63) is 83.9 Å². The Kier molecular flexibility index (Phi) is 5.91. The first kappa shape index (κ1) is 19.0. The van der Waals surface area contributed by atoms with Gasteiger partial charge in [0, 0.05) is 0 Å². The molecule has 0 saturated carbocycles. The van der Waals surface area contributed by atoms with Crippen molar-refractivity contribution < 1.29 is 24.2 Å². The predicted octanol–water partition coefficient (Wildman–Crippen LogP) is 5.10. The molecule has 3 aromatic rings. The van der Waals surface area contributed by atoms with Gasteiger partial charge >= 0.3 is 11.9 Å². The van der Waals surface area contributed by atoms with Crippen LogP contribution in [0.2, 0.25) is 0 Å². The lowest BCUT2D eigenvalue weighted by Gasteiger charge is -2.16. The highest BCUT2D eigenvalue weighted by Gasteiger charge is 2.22. The smallest absolute Gasteiger partial charge is 0.339 e. The summed E-state index contributed by atoms with van der Waals surface area (Å²) in [5.74, 6) is -0.743. The van der Waals surface area contributed by atoms with Crippen molar-refractivity contribution in [3.8, 4) is 11.5 Å². The number of anilines is 2. The van der Waals surface area contributed by atoms with E-state index >= 15 is 0 Å². The number of carboxylic acids is 1. The van der Waals surface area contributed by atoms with Gasteiger partial charge in [-0.3, -0.25) is 0 Å². The Bertz CT molecular complexity index is 985. The van der Waals surface area contributed by atoms with Crippen LogP contribution < -0.4 is 10.1 Å². The molecule has 0 spiro atoms. The van der Waals surface area contributed by atoms with E-state index in [2.05, 4.69) is 5.32 Å². The molecule has 3 aromatic carbocycles. The zero-order valence-electron chi connectivity index (χ0n) is 15.2. The first-order valence-corrected chi connectivity index (χ1v) is 8.72. The van der Waals surface area contributed by atoms with Crippen LogP contribution in [0.3, 0.4) is 0 Å². The summed E-state index contributed by atoms with van der Waals surface area (Å²) in [5, 5.41) is 12.7. The summed E-state index contributed by atoms with van der Waals surface area (Å²) < 4.78 is 10.9. The average Bonchev–Trinajstić information content (AvgIpc) is 2.70. The van der Waals surface area contributed by atoms with Crippen LogP contribution >= 0.6 is 0 Å². The van der Waals surface area contributed by atoms with Gasteiger partial charge in [0.25, 0.3) is 0 Å². The van der Waals surface area contributed by atoms with Gasteiger partial charge in [-0.1, -0.05) is 36.4 Å². The van der Waals surface area contributed by atoms with Gasteiger partial charge < -0.3 is 19.9 Å². The molecule has 0 unspecified atom stereocenters. The van der Waals surface area contributed by atoms with Crippen LogP contribution in [0.5, 0.6) is 11.5 Å². The van der Waals surface area contributed by atoms with Gasteiger partial charge in [-0.05, 0) is 43.3 Å². The van der Waals surface area contributed by atoms with E-state index < -0.39 is 11.9 Å². The summed E-state index contributed by atoms with van der Waals surface area (Å²) in [4.78, 5) is 24.0. The molecule has 0 heterocycles. The molecule has 0 amide bonds. The lowest BCUT2D eigenvalue weighted by atomic mass is 10.0. The molecule has 3 rings (SSSR count). The van der Waals surface area contributed by atoms with E-state index in [0.717, 1.165) is 0 Å². The Balaban J connectivity index is 1.97. The van der Waals surface area contributed by atoms with E-state index in [0.29, 0.717) is 17.2 Å². The minimum atomic E-state index is -1.23. The van der Waals surface area contributed by atoms with Crippen LogP contribution in [-0.2, 0) is 4.74 Å². The van der Waals surface area contributed by atoms with Gasteiger partial charge in [0.15, 0.2) is 5.75 Å². The molecule has 142 valence electrons. The van der Waals surface area contributed by atoms with Crippen molar-refractivity contribution in [1.82, 2.24) is 0 Å². The van der Waals surface area contributed by atoms with E-state index in [1.807, 2.05) is 36.4 Å². The van der Waals surface area contributed by atoms with Crippen LogP contribution in [0.25, 0.3) is 0 Å². The van der Waals surface area contributed by atoms with Crippen LogP contribution in [0.4, 0.5) is 11.4 Å². The fourth-order valence-electron chi connectivity index (χ4n) is 2.69. The number of rotatable bonds is 7. The molecule has 0 aliphatic heterocycles. The highest BCUT2D eigenvalue weighted by Crippen LogP contribution is 2.33. The van der Waals surface area contributed by atoms with Crippen molar-refractivity contribution in [2.45, 2.75) is 6.92 Å². The summed E-state index contributed by atoms with van der Waals surface area (Å²) in [7, 11) is 0. The number of ether oxygens (including phenoxy) is 2. The van der Waals surface area contributed by atoms with Crippen LogP contribution in [-0.4, -0.2) is 23.7 Å². The van der Waals surface area contributed by atoms with Crippen molar-refractivity contribution in [2.24, 2.45) is 0 Å². The molecule has 2 N–H and O–H groups in total. The zero-order chi connectivity index (χ0) is 19.9. The molecular weight excluding hydrogens is 358 g/mol. The van der Waals surface area contributed by atoms with E-state index in [1.165, 1.54) is 6.07 Å². The lowest BCUT2D eigenvalue weighted by Crippen LogP contribution is -2.13. The van der Waals surface area contributed by atoms with Gasteiger partial charge in [0.2, 0.25) is 0 Å². The van der Waals surface area contributed by atoms with Crippen molar-refractivity contribution in [1.29, 1.82) is 0 Å². The van der Waals surface area contributed by atoms with Crippen LogP contribution in [0, 0.1) is 0 Å². The average molecular weight is 377 g/mol. The fraction of sp³-hybridized carbons (Fsp3) is 0.0909. The Morgan fingerprint density at radius 1 is 0.893 bits per heavy atom. The number of esters is 1. The molecule has 0 radical (unpaired) electrons. The fourth-order valence-corrected chi connectivity index (χ4v) is 2.69. The minimum absolute atomic E-state index is 0.0131. The predicted molar refractivity (Wildman–Crippen MR) is 106 cm³/mol. The largest absolute Gasteiger partial charge is 0.478 e. The minimum Gasteiger partial charge on any atom is -0.478 e. The van der Waals surface area contributed by atoms with E-state index in [9.17, 15) is 14.7 Å². The van der Waals surface area contributed by atoms with Crippen LogP contribution in [0.1, 0.15) is 27.6 Å². The first-order valence-electron chi connectivity index (χ1n) is 8.72. The maximum Gasteiger partial charge on any atom is 0.339 e. The molecule has 0 aliphatic rings. The van der Waals surface area contributed by atoms with Gasteiger partial charge in [-0.2, -0.15) is 0 Å². The van der Waals surface area contributed by atoms with Gasteiger partial charge in [-0.15, -0.1) is 0 Å². The molecule has 0 aliphatic carbocycles. The number of carboxylic acid groups (broad SMARTS) is 1. The molecule has 28 heavy (non-hydrogen) atoms. The van der Waals surface area contributed by atoms with E-state index in [1.54, 1.807) is 37.3 Å². The molecular formula is C22H19NO5. The Labute approximate surface area is 162 Å². The topological polar surface area (TPSA) is 84.9 Å². The van der Waals surface area contributed by atoms with Gasteiger partial charge in [0.1, 0.15) is 5.75 Å². The lowest BCUT2D eigenvalue weighted by molar-refractivity contribution is 0.0515. The third-order valence-electron chi connectivity index (χ3n) is 3.90. The van der Waals surface area contributed by atoms with Crippen molar-refractivity contribution >= 4 is 23.3 Å². The maximum atomic E-state index is 12.1. The molecule has 6 nitrogen and oxygen atoms in total. The SMILES string of the molecule is CCOC(=O)c1cccc(Nc2ccccc2Oc2ccccc2)c1C(=O)O. The van der Waals surface area contributed by atoms with Crippen LogP contribution in [0.15, 0.2) is 72.8 Å². The molecule has 0 aromatic heterocycles. The molecule has 0 bridgehead atoms. The number of hydrogen-bond acceptors (Lipinski definition) is 5. The molecule has 6 heteroatoms. The highest BCUT2D eigenvalue weighted by molar-refractivity contribution is 6.07. The summed E-state index contributed by atoms with van der Waals surface area (Å²) in [6.07, 6.45) is 0. The second kappa shape index (κ2) is 8.73. The standard InChI is InChI=1S/C22H19NO5/c1-2-27-22(26)16-11-8-13-18(20(16)21(24)25)23-17-12-6-7-14-19(17)28-15-9-4-3-5-10-15/h3-14,23H,2H2,1H3,(H,24,25). The highest BCUT2D eigenvalue weighted by atomic mass is 16.5. The normalized spacial score (nSPS) is 10.2. The second-order valence-corrected chi connectivity index (χ2v) is 5.79. The zero-order valence-corrected chi connectivity index (χ0v) is 15.2. The van der Waals surface area contributed by atoms with Gasteiger partial charge in [0.05, 0.1) is 29.1 Å². The number of nitrogens with one attached hydrogen (secondary N) is 1. The Morgan fingerprint density at radius 2 is 1.57 bits per heavy atom. The van der Waals surface area contributed by atoms with E-state index in [4.69, 9.17) is 9.47 Å². The Hall–Kier alpha value is -3.80. The number of carbonyl (C=O) groups is 2. The van der Waals surface area contributed by atoms with Crippen molar-refractivity contribution in [3.63, 3.8) is 0 Å². The summed E-state index contributed by atoms with van der Waals surface area (Å²) in [6.45, 7) is 1.82. The first-order chi connectivity index (χ1) is 13.6. The molecule has 0 fully saturated rings. The Morgan fingerprint density at radius 3 is 2.29 bits per heavy atom. The monoisotopic (exact) mass is 377 g/mol. The third-order valence-corrected chi connectivity index (χ3v) is 3.90. The summed E-state index contributed by atoms with van der Waals surface area (Å²) in [5.41, 5.74) is 0.660. The number of hydrogen-bond donors (Lipinski definition) is 2. The summed E-state index contributed by atoms with van der Waals surface area (Å²) in [6, 6.07) is 21.0. The third kappa shape index (κ3) is 4.29. The molecule has 0 saturated heterocycles. The number of benzene rings is 3. The van der Waals surface area contributed by atoms with Crippen molar-refractivity contribution in [2.75, 3.05) is 11.9 Å². The molecule has 0 atom stereocenters. The maximum absolute atomic E-state index is 12.1. The summed E-state index contributed by atoms with van der Waals surface area (Å²) >= 11 is 0. The number of para-hydroxylation sites is 3. The number of carbonyl (C=O) groups excluding carboxylic acids is 1.